The summed E-state index contributed by atoms with van der Waals surface area (Å²) >= 11 is 0. The van der Waals surface area contributed by atoms with E-state index in [-0.39, 0.29) is 0 Å². The van der Waals surface area contributed by atoms with Gasteiger partial charge in [0.15, 0.2) is 11.5 Å². The Morgan fingerprint density at radius 3 is 3.04 bits per heavy atom. The van der Waals surface area contributed by atoms with Crippen molar-refractivity contribution in [3.05, 3.63) is 36.4 Å². The normalized spacial score (nSPS) is 21.3. The Kier molecular flexibility index (Phi) is 4.15. The zero-order valence-corrected chi connectivity index (χ0v) is 13.2. The van der Waals surface area contributed by atoms with Gasteiger partial charge in [0.25, 0.3) is 0 Å². The molecule has 1 aromatic heterocycles. The van der Waals surface area contributed by atoms with Crippen LogP contribution in [0.25, 0.3) is 0 Å². The van der Waals surface area contributed by atoms with Crippen LogP contribution in [0.5, 0.6) is 11.5 Å². The van der Waals surface area contributed by atoms with E-state index in [4.69, 9.17) is 9.47 Å². The highest BCUT2D eigenvalue weighted by Crippen LogP contribution is 2.35. The van der Waals surface area contributed by atoms with E-state index >= 15 is 0 Å². The van der Waals surface area contributed by atoms with Gasteiger partial charge in [-0.2, -0.15) is 5.10 Å². The molecule has 0 radical (unpaired) electrons. The zero-order chi connectivity index (χ0) is 15.5. The summed E-state index contributed by atoms with van der Waals surface area (Å²) < 4.78 is 13.5. The average molecular weight is 314 g/mol. The van der Waals surface area contributed by atoms with Crippen molar-refractivity contribution in [2.24, 2.45) is 0 Å². The molecular formula is C17H22N4O2. The molecule has 0 N–H and O–H groups in total. The Labute approximate surface area is 136 Å². The van der Waals surface area contributed by atoms with Crippen LogP contribution < -0.4 is 9.47 Å². The molecule has 6 nitrogen and oxygen atoms in total. The molecule has 2 aromatic rings. The van der Waals surface area contributed by atoms with E-state index in [2.05, 4.69) is 27.1 Å². The number of fused-ring (bicyclic) bond motifs is 1. The van der Waals surface area contributed by atoms with Crippen LogP contribution in [0.2, 0.25) is 0 Å². The quantitative estimate of drug-likeness (QED) is 0.865. The molecule has 0 saturated carbocycles. The van der Waals surface area contributed by atoms with E-state index < -0.39 is 0 Å². The number of hydrogen-bond acceptors (Lipinski definition) is 5. The first-order chi connectivity index (χ1) is 11.4. The lowest BCUT2D eigenvalue weighted by Gasteiger charge is -2.36. The van der Waals surface area contributed by atoms with E-state index in [1.165, 1.54) is 24.8 Å². The molecule has 2 aliphatic heterocycles. The molecule has 3 heterocycles. The van der Waals surface area contributed by atoms with Crippen LogP contribution in [-0.2, 0) is 13.1 Å². The number of ether oxygens (including phenoxy) is 2. The van der Waals surface area contributed by atoms with Crippen LogP contribution in [0.4, 0.5) is 0 Å². The number of aromatic nitrogens is 3. The first-order valence-corrected chi connectivity index (χ1v) is 8.34. The van der Waals surface area contributed by atoms with E-state index in [1.807, 2.05) is 10.7 Å². The van der Waals surface area contributed by atoms with Gasteiger partial charge >= 0.3 is 0 Å². The molecule has 122 valence electrons. The summed E-state index contributed by atoms with van der Waals surface area (Å²) in [6.45, 7) is 4.17. The van der Waals surface area contributed by atoms with Gasteiger partial charge in [-0.25, -0.2) is 4.98 Å². The summed E-state index contributed by atoms with van der Waals surface area (Å²) in [7, 11) is 0. The fourth-order valence-electron chi connectivity index (χ4n) is 3.50. The number of hydrogen-bond donors (Lipinski definition) is 0. The number of likely N-dealkylation sites (tertiary alicyclic amines) is 1. The first-order valence-electron chi connectivity index (χ1n) is 8.34. The second-order valence-electron chi connectivity index (χ2n) is 6.18. The minimum absolute atomic E-state index is 0.491. The van der Waals surface area contributed by atoms with Crippen LogP contribution in [0.15, 0.2) is 30.9 Å². The average Bonchev–Trinajstić information content (AvgIpc) is 3.10. The van der Waals surface area contributed by atoms with Crippen LogP contribution in [-0.4, -0.2) is 45.5 Å². The fourth-order valence-corrected chi connectivity index (χ4v) is 3.50. The maximum atomic E-state index is 5.86. The van der Waals surface area contributed by atoms with Gasteiger partial charge in [0, 0.05) is 18.2 Å². The molecule has 0 unspecified atom stereocenters. The minimum atomic E-state index is 0.491. The van der Waals surface area contributed by atoms with Gasteiger partial charge < -0.3 is 9.47 Å². The molecule has 0 aliphatic carbocycles. The number of rotatable bonds is 4. The lowest BCUT2D eigenvalue weighted by atomic mass is 10.0. The molecule has 0 amide bonds. The monoisotopic (exact) mass is 314 g/mol. The van der Waals surface area contributed by atoms with Gasteiger partial charge in [-0.1, -0.05) is 18.6 Å². The van der Waals surface area contributed by atoms with E-state index in [9.17, 15) is 0 Å². The van der Waals surface area contributed by atoms with Gasteiger partial charge in [0.2, 0.25) is 0 Å². The first kappa shape index (κ1) is 14.5. The van der Waals surface area contributed by atoms with Crippen molar-refractivity contribution in [1.29, 1.82) is 0 Å². The van der Waals surface area contributed by atoms with Crippen molar-refractivity contribution in [2.75, 3.05) is 19.8 Å². The molecule has 0 spiro atoms. The lowest BCUT2D eigenvalue weighted by molar-refractivity contribution is 0.117. The largest absolute Gasteiger partial charge is 0.486 e. The predicted molar refractivity (Wildman–Crippen MR) is 85.5 cm³/mol. The topological polar surface area (TPSA) is 52.4 Å². The third-order valence-electron chi connectivity index (χ3n) is 4.63. The highest BCUT2D eigenvalue weighted by Gasteiger charge is 2.25. The van der Waals surface area contributed by atoms with Crippen LogP contribution in [0.1, 0.15) is 24.8 Å². The molecule has 1 saturated heterocycles. The van der Waals surface area contributed by atoms with Gasteiger partial charge in [-0.3, -0.25) is 9.58 Å². The Morgan fingerprint density at radius 2 is 2.13 bits per heavy atom. The zero-order valence-electron chi connectivity index (χ0n) is 13.2. The molecule has 6 heteroatoms. The summed E-state index contributed by atoms with van der Waals surface area (Å²) in [6, 6.07) is 6.68. The van der Waals surface area contributed by atoms with E-state index in [0.717, 1.165) is 31.1 Å². The molecule has 1 fully saturated rings. The number of piperidine rings is 1. The third-order valence-corrected chi connectivity index (χ3v) is 4.63. The number of benzene rings is 1. The standard InChI is InChI=1S/C17H22N4O2/c1-2-7-20(15(5-1)11-21-13-18-12-19-21)10-14-4-3-6-16-17(14)23-9-8-22-16/h3-4,6,12-13,15H,1-2,5,7-11H2/t15-/m1/s1. The Bertz CT molecular complexity index is 644. The smallest absolute Gasteiger partial charge is 0.165 e. The molecule has 23 heavy (non-hydrogen) atoms. The van der Waals surface area contributed by atoms with Crippen molar-refractivity contribution in [3.8, 4) is 11.5 Å². The van der Waals surface area contributed by atoms with E-state index in [0.29, 0.717) is 19.3 Å². The van der Waals surface area contributed by atoms with Crippen molar-refractivity contribution in [3.63, 3.8) is 0 Å². The third kappa shape index (κ3) is 3.17. The molecule has 2 aliphatic rings. The van der Waals surface area contributed by atoms with Gasteiger partial charge in [-0.15, -0.1) is 0 Å². The summed E-state index contributed by atoms with van der Waals surface area (Å²) in [4.78, 5) is 6.59. The van der Waals surface area contributed by atoms with Crippen molar-refractivity contribution in [1.82, 2.24) is 19.7 Å². The molecule has 1 atom stereocenters. The molecule has 4 rings (SSSR count). The van der Waals surface area contributed by atoms with Crippen LogP contribution in [0, 0.1) is 0 Å². The van der Waals surface area contributed by atoms with Gasteiger partial charge in [0.1, 0.15) is 25.9 Å². The molecule has 0 bridgehead atoms. The fraction of sp³-hybridized carbons (Fsp3) is 0.529. The van der Waals surface area contributed by atoms with Gasteiger partial charge in [-0.05, 0) is 25.5 Å². The summed E-state index contributed by atoms with van der Waals surface area (Å²) in [6.07, 6.45) is 7.13. The van der Waals surface area contributed by atoms with Crippen molar-refractivity contribution < 1.29 is 9.47 Å². The van der Waals surface area contributed by atoms with E-state index in [1.54, 1.807) is 12.7 Å². The SMILES string of the molecule is c1cc(CN2CCCC[C@@H]2Cn2cncn2)c2c(c1)OCCO2. The molecular weight excluding hydrogens is 292 g/mol. The highest BCUT2D eigenvalue weighted by molar-refractivity contribution is 5.47. The Morgan fingerprint density at radius 1 is 1.17 bits per heavy atom. The lowest BCUT2D eigenvalue weighted by Crippen LogP contribution is -2.41. The Balaban J connectivity index is 1.52. The second kappa shape index (κ2) is 6.58. The number of nitrogens with zero attached hydrogens (tertiary/aromatic N) is 4. The number of para-hydroxylation sites is 1. The second-order valence-corrected chi connectivity index (χ2v) is 6.18. The maximum Gasteiger partial charge on any atom is 0.165 e. The Hall–Kier alpha value is -2.08. The highest BCUT2D eigenvalue weighted by atomic mass is 16.6. The van der Waals surface area contributed by atoms with Crippen LogP contribution in [0.3, 0.4) is 0 Å². The predicted octanol–water partition coefficient (Wildman–Crippen LogP) is 2.10. The van der Waals surface area contributed by atoms with Gasteiger partial charge in [0.05, 0.1) is 6.54 Å². The summed E-state index contributed by atoms with van der Waals surface area (Å²) in [5, 5.41) is 4.26. The summed E-state index contributed by atoms with van der Waals surface area (Å²) in [5.74, 6) is 1.79. The summed E-state index contributed by atoms with van der Waals surface area (Å²) in [5.41, 5.74) is 1.22. The maximum absolute atomic E-state index is 5.86. The van der Waals surface area contributed by atoms with Crippen LogP contribution >= 0.6 is 0 Å². The molecule has 1 aromatic carbocycles. The minimum Gasteiger partial charge on any atom is -0.486 e. The van der Waals surface area contributed by atoms with Crippen molar-refractivity contribution >= 4 is 0 Å². The van der Waals surface area contributed by atoms with Crippen molar-refractivity contribution in [2.45, 2.75) is 38.4 Å².